The predicted molar refractivity (Wildman–Crippen MR) is 89.0 cm³/mol. The van der Waals surface area contributed by atoms with E-state index in [0.717, 1.165) is 0 Å². The first-order chi connectivity index (χ1) is 10.6. The second-order valence-corrected chi connectivity index (χ2v) is 7.44. The van der Waals surface area contributed by atoms with Gasteiger partial charge < -0.3 is 15.0 Å². The summed E-state index contributed by atoms with van der Waals surface area (Å²) in [5.41, 5.74) is 0.330. The van der Waals surface area contributed by atoms with Crippen molar-refractivity contribution in [3.63, 3.8) is 0 Å². The quantitative estimate of drug-likeness (QED) is 0.804. The molecule has 1 aliphatic heterocycles. The molecule has 2 rings (SSSR count). The normalized spacial score (nSPS) is 18.3. The standard InChI is InChI=1S/C16H20BrFN2O3/c1-16(2,3)23-15(22)19-12-6-5-10-11(18)7-9(17)8-13(10)20(4)14(12)21/h7-8,12H,5-6H2,1-4H3,(H,19,22). The third-order valence-corrected chi connectivity index (χ3v) is 3.96. The van der Waals surface area contributed by atoms with Crippen LogP contribution in [-0.2, 0) is 16.0 Å². The summed E-state index contributed by atoms with van der Waals surface area (Å²) >= 11 is 3.23. The van der Waals surface area contributed by atoms with Crippen molar-refractivity contribution in [3.05, 3.63) is 28.0 Å². The van der Waals surface area contributed by atoms with E-state index in [2.05, 4.69) is 21.2 Å². The van der Waals surface area contributed by atoms with Gasteiger partial charge in [-0.1, -0.05) is 15.9 Å². The fourth-order valence-electron chi connectivity index (χ4n) is 2.49. The Morgan fingerprint density at radius 2 is 2.09 bits per heavy atom. The molecule has 7 heteroatoms. The van der Waals surface area contributed by atoms with Crippen LogP contribution in [0.4, 0.5) is 14.9 Å². The molecule has 23 heavy (non-hydrogen) atoms. The first-order valence-corrected chi connectivity index (χ1v) is 8.13. The van der Waals surface area contributed by atoms with Gasteiger partial charge in [0.1, 0.15) is 17.5 Å². The molecule has 0 spiro atoms. The van der Waals surface area contributed by atoms with Crippen molar-refractivity contribution in [2.24, 2.45) is 0 Å². The number of hydrogen-bond acceptors (Lipinski definition) is 3. The molecule has 0 aliphatic carbocycles. The van der Waals surface area contributed by atoms with E-state index in [4.69, 9.17) is 4.74 Å². The van der Waals surface area contributed by atoms with Gasteiger partial charge in [0.2, 0.25) is 5.91 Å². The lowest BCUT2D eigenvalue weighted by atomic mass is 10.1. The highest BCUT2D eigenvalue weighted by molar-refractivity contribution is 9.10. The van der Waals surface area contributed by atoms with E-state index >= 15 is 0 Å². The molecule has 1 atom stereocenters. The molecule has 0 bridgehead atoms. The van der Waals surface area contributed by atoms with Crippen LogP contribution in [0.15, 0.2) is 16.6 Å². The highest BCUT2D eigenvalue weighted by atomic mass is 79.9. The SMILES string of the molecule is CN1C(=O)C(NC(=O)OC(C)(C)C)CCc2c(F)cc(Br)cc21. The first-order valence-electron chi connectivity index (χ1n) is 7.33. The number of anilines is 1. The lowest BCUT2D eigenvalue weighted by Crippen LogP contribution is -2.48. The van der Waals surface area contributed by atoms with Crippen LogP contribution >= 0.6 is 15.9 Å². The Morgan fingerprint density at radius 1 is 1.43 bits per heavy atom. The molecule has 1 N–H and O–H groups in total. The predicted octanol–water partition coefficient (Wildman–Crippen LogP) is 3.39. The van der Waals surface area contributed by atoms with Gasteiger partial charge in [0, 0.05) is 17.1 Å². The number of likely N-dealkylation sites (N-methyl/N-ethyl adjacent to an activating group) is 1. The number of nitrogens with zero attached hydrogens (tertiary/aromatic N) is 1. The van der Waals surface area contributed by atoms with Crippen LogP contribution in [-0.4, -0.2) is 30.7 Å². The summed E-state index contributed by atoms with van der Waals surface area (Å²) in [5, 5.41) is 2.58. The number of ether oxygens (including phenoxy) is 1. The van der Waals surface area contributed by atoms with Gasteiger partial charge in [0.05, 0.1) is 5.69 Å². The molecular weight excluding hydrogens is 367 g/mol. The molecule has 0 saturated heterocycles. The largest absolute Gasteiger partial charge is 0.444 e. The summed E-state index contributed by atoms with van der Waals surface area (Å²) in [6.45, 7) is 5.24. The molecule has 1 unspecified atom stereocenters. The average molecular weight is 387 g/mol. The Bertz CT molecular complexity index is 643. The summed E-state index contributed by atoms with van der Waals surface area (Å²) in [7, 11) is 1.57. The maximum atomic E-state index is 14.1. The molecule has 0 aromatic heterocycles. The highest BCUT2D eigenvalue weighted by Gasteiger charge is 2.32. The van der Waals surface area contributed by atoms with Crippen LogP contribution in [0, 0.1) is 5.82 Å². The lowest BCUT2D eigenvalue weighted by molar-refractivity contribution is -0.120. The molecule has 0 saturated carbocycles. The Hall–Kier alpha value is -1.63. The van der Waals surface area contributed by atoms with Gasteiger partial charge in [-0.05, 0) is 45.7 Å². The van der Waals surface area contributed by atoms with Gasteiger partial charge in [-0.25, -0.2) is 9.18 Å². The zero-order valence-corrected chi connectivity index (χ0v) is 15.2. The monoisotopic (exact) mass is 386 g/mol. The summed E-state index contributed by atoms with van der Waals surface area (Å²) < 4.78 is 19.9. The summed E-state index contributed by atoms with van der Waals surface area (Å²) in [5.74, 6) is -0.668. The van der Waals surface area contributed by atoms with Gasteiger partial charge in [-0.15, -0.1) is 0 Å². The minimum Gasteiger partial charge on any atom is -0.444 e. The van der Waals surface area contributed by atoms with Gasteiger partial charge in [0.15, 0.2) is 0 Å². The minimum absolute atomic E-state index is 0.299. The number of alkyl carbamates (subject to hydrolysis) is 1. The molecule has 126 valence electrons. The second kappa shape index (κ2) is 6.47. The van der Waals surface area contributed by atoms with Crippen LogP contribution in [0.3, 0.4) is 0 Å². The smallest absolute Gasteiger partial charge is 0.408 e. The van der Waals surface area contributed by atoms with Gasteiger partial charge in [0.25, 0.3) is 0 Å². The average Bonchev–Trinajstić information content (AvgIpc) is 2.50. The maximum absolute atomic E-state index is 14.1. The molecule has 2 amide bonds. The molecular formula is C16H20BrFN2O3. The summed E-state index contributed by atoms with van der Waals surface area (Å²) in [6.07, 6.45) is 0.00995. The molecule has 1 aliphatic rings. The third-order valence-electron chi connectivity index (χ3n) is 3.50. The van der Waals surface area contributed by atoms with E-state index in [1.165, 1.54) is 11.0 Å². The summed E-state index contributed by atoms with van der Waals surface area (Å²) in [6, 6.07) is 2.32. The van der Waals surface area contributed by atoms with Crippen LogP contribution < -0.4 is 10.2 Å². The Kier molecular flexibility index (Phi) is 4.98. The maximum Gasteiger partial charge on any atom is 0.408 e. The van der Waals surface area contributed by atoms with E-state index in [-0.39, 0.29) is 11.7 Å². The number of hydrogen-bond donors (Lipinski definition) is 1. The lowest BCUT2D eigenvalue weighted by Gasteiger charge is -2.24. The van der Waals surface area contributed by atoms with Gasteiger partial charge in [-0.2, -0.15) is 0 Å². The van der Waals surface area contributed by atoms with Crippen LogP contribution in [0.25, 0.3) is 0 Å². The highest BCUT2D eigenvalue weighted by Crippen LogP contribution is 2.31. The van der Waals surface area contributed by atoms with Crippen molar-refractivity contribution in [2.75, 3.05) is 11.9 Å². The number of rotatable bonds is 1. The van der Waals surface area contributed by atoms with Crippen molar-refractivity contribution in [3.8, 4) is 0 Å². The number of carbonyl (C=O) groups excluding carboxylic acids is 2. The number of amides is 2. The van der Waals surface area contributed by atoms with Crippen molar-refractivity contribution in [2.45, 2.75) is 45.3 Å². The van der Waals surface area contributed by atoms with E-state index < -0.39 is 17.7 Å². The minimum atomic E-state index is -0.750. The number of halogens is 2. The number of nitrogens with one attached hydrogen (secondary N) is 1. The third kappa shape index (κ3) is 4.22. The fourth-order valence-corrected chi connectivity index (χ4v) is 2.90. The molecule has 0 radical (unpaired) electrons. The van der Waals surface area contributed by atoms with E-state index in [1.807, 2.05) is 0 Å². The van der Waals surface area contributed by atoms with Crippen LogP contribution in [0.2, 0.25) is 0 Å². The Balaban J connectivity index is 2.21. The van der Waals surface area contributed by atoms with E-state index in [0.29, 0.717) is 28.6 Å². The van der Waals surface area contributed by atoms with Crippen molar-refractivity contribution in [1.29, 1.82) is 0 Å². The fraction of sp³-hybridized carbons (Fsp3) is 0.500. The zero-order valence-electron chi connectivity index (χ0n) is 13.6. The molecule has 1 heterocycles. The topological polar surface area (TPSA) is 58.6 Å². The van der Waals surface area contributed by atoms with Crippen LogP contribution in [0.1, 0.15) is 32.8 Å². The Morgan fingerprint density at radius 3 is 2.70 bits per heavy atom. The number of fused-ring (bicyclic) bond motifs is 1. The van der Waals surface area contributed by atoms with E-state index in [1.54, 1.807) is 33.9 Å². The van der Waals surface area contributed by atoms with Gasteiger partial charge >= 0.3 is 6.09 Å². The Labute approximate surface area is 143 Å². The van der Waals surface area contributed by atoms with Crippen molar-refractivity contribution < 1.29 is 18.7 Å². The van der Waals surface area contributed by atoms with E-state index in [9.17, 15) is 14.0 Å². The molecule has 5 nitrogen and oxygen atoms in total. The van der Waals surface area contributed by atoms with Crippen molar-refractivity contribution in [1.82, 2.24) is 5.32 Å². The van der Waals surface area contributed by atoms with Crippen molar-refractivity contribution >= 4 is 33.6 Å². The molecule has 1 aromatic rings. The molecule has 1 aromatic carbocycles. The number of carbonyl (C=O) groups is 2. The molecule has 0 fully saturated rings. The first kappa shape index (κ1) is 17.7. The summed E-state index contributed by atoms with van der Waals surface area (Å²) in [4.78, 5) is 25.8. The second-order valence-electron chi connectivity index (χ2n) is 6.52. The van der Waals surface area contributed by atoms with Crippen LogP contribution in [0.5, 0.6) is 0 Å². The zero-order chi connectivity index (χ0) is 17.4. The number of benzene rings is 1. The van der Waals surface area contributed by atoms with Gasteiger partial charge in [-0.3, -0.25) is 4.79 Å².